The van der Waals surface area contributed by atoms with Gasteiger partial charge in [0.2, 0.25) is 5.79 Å². The molecule has 1 spiro atoms. The number of fused-ring (bicyclic) bond motifs is 2. The molecule has 0 aromatic heterocycles. The van der Waals surface area contributed by atoms with Crippen molar-refractivity contribution in [1.29, 1.82) is 0 Å². The average molecular weight is 283 g/mol. The topological polar surface area (TPSA) is 62.9 Å². The number of rotatable bonds is 0. The molecule has 1 saturated carbocycles. The van der Waals surface area contributed by atoms with Gasteiger partial charge in [0.25, 0.3) is 0 Å². The minimum atomic E-state index is -0.697. The van der Waals surface area contributed by atoms with E-state index in [1.54, 1.807) is 0 Å². The second kappa shape index (κ2) is 4.17. The van der Waals surface area contributed by atoms with Gasteiger partial charge < -0.3 is 15.2 Å². The van der Waals surface area contributed by atoms with Gasteiger partial charge in [-0.05, 0) is 38.0 Å². The summed E-state index contributed by atoms with van der Waals surface area (Å²) in [7, 11) is 0. The highest BCUT2D eigenvalue weighted by Crippen LogP contribution is 2.60. The van der Waals surface area contributed by atoms with Crippen molar-refractivity contribution in [3.8, 4) is 0 Å². The van der Waals surface area contributed by atoms with Crippen LogP contribution in [0.2, 0.25) is 0 Å². The fraction of sp³-hybridized carbons (Fsp3) is 1.00. The molecule has 5 aliphatic rings. The Labute approximate surface area is 120 Å². The van der Waals surface area contributed by atoms with Gasteiger partial charge in [-0.1, -0.05) is 13.8 Å². The maximum Gasteiger partial charge on any atom is 0.201 e. The average Bonchev–Trinajstić information content (AvgIpc) is 2.63. The third kappa shape index (κ3) is 1.56. The molecule has 4 heterocycles. The smallest absolute Gasteiger partial charge is 0.201 e. The molecule has 0 radical (unpaired) electrons. The Bertz CT molecular complexity index is 415. The van der Waals surface area contributed by atoms with Crippen molar-refractivity contribution in [3.63, 3.8) is 0 Å². The largest absolute Gasteiger partial charge is 0.331 e. The molecule has 20 heavy (non-hydrogen) atoms. The van der Waals surface area contributed by atoms with Crippen molar-refractivity contribution in [2.24, 2.45) is 29.4 Å². The summed E-state index contributed by atoms with van der Waals surface area (Å²) >= 11 is 0. The Morgan fingerprint density at radius 1 is 1.05 bits per heavy atom. The van der Waals surface area contributed by atoms with E-state index in [-0.39, 0.29) is 12.1 Å². The molecule has 8 atom stereocenters. The Kier molecular flexibility index (Phi) is 2.81. The predicted molar refractivity (Wildman–Crippen MR) is 71.0 cm³/mol. The summed E-state index contributed by atoms with van der Waals surface area (Å²) in [6, 6.07) is 0. The highest BCUT2D eigenvalue weighted by Gasteiger charge is 2.68. The Hall–Kier alpha value is -0.200. The Morgan fingerprint density at radius 2 is 1.85 bits per heavy atom. The fourth-order valence-electron chi connectivity index (χ4n) is 4.93. The zero-order chi connectivity index (χ0) is 14.1. The molecule has 3 unspecified atom stereocenters. The van der Waals surface area contributed by atoms with E-state index >= 15 is 0 Å². The van der Waals surface area contributed by atoms with Crippen molar-refractivity contribution < 1.29 is 19.2 Å². The summed E-state index contributed by atoms with van der Waals surface area (Å²) in [6.07, 6.45) is 3.57. The summed E-state index contributed by atoms with van der Waals surface area (Å²) in [6.45, 7) is 6.41. The molecule has 0 aromatic carbocycles. The van der Waals surface area contributed by atoms with E-state index in [9.17, 15) is 0 Å². The molecule has 4 saturated heterocycles. The molecule has 5 rings (SSSR count). The third-order valence-electron chi connectivity index (χ3n) is 6.21. The summed E-state index contributed by atoms with van der Waals surface area (Å²) in [5, 5.41) is 0. The second-order valence-corrected chi connectivity index (χ2v) is 7.37. The summed E-state index contributed by atoms with van der Waals surface area (Å²) in [5.74, 6) is 0.936. The van der Waals surface area contributed by atoms with Crippen molar-refractivity contribution in [1.82, 2.24) is 0 Å². The molecule has 0 aromatic rings. The van der Waals surface area contributed by atoms with E-state index in [2.05, 4.69) is 13.8 Å². The van der Waals surface area contributed by atoms with Gasteiger partial charge in [0.15, 0.2) is 11.9 Å². The van der Waals surface area contributed by atoms with Crippen LogP contribution in [0.15, 0.2) is 0 Å². The van der Waals surface area contributed by atoms with Gasteiger partial charge >= 0.3 is 0 Å². The van der Waals surface area contributed by atoms with Crippen LogP contribution >= 0.6 is 0 Å². The normalized spacial score (nSPS) is 61.8. The van der Waals surface area contributed by atoms with Gasteiger partial charge in [-0.15, -0.1) is 0 Å². The molecule has 5 heteroatoms. The van der Waals surface area contributed by atoms with Gasteiger partial charge in [0.1, 0.15) is 6.23 Å². The van der Waals surface area contributed by atoms with Crippen LogP contribution in [0.3, 0.4) is 0 Å². The molecule has 2 N–H and O–H groups in total. The highest BCUT2D eigenvalue weighted by molar-refractivity contribution is 5.09. The van der Waals surface area contributed by atoms with E-state index in [0.29, 0.717) is 17.8 Å². The third-order valence-corrected chi connectivity index (χ3v) is 6.21. The molecular formula is C15H25NO4. The molecule has 5 nitrogen and oxygen atoms in total. The minimum absolute atomic E-state index is 0.260. The van der Waals surface area contributed by atoms with Crippen LogP contribution < -0.4 is 5.73 Å². The number of ether oxygens (including phenoxy) is 2. The fourth-order valence-corrected chi connectivity index (χ4v) is 4.93. The first-order valence-electron chi connectivity index (χ1n) is 7.92. The van der Waals surface area contributed by atoms with Crippen LogP contribution in [0, 0.1) is 23.7 Å². The van der Waals surface area contributed by atoms with E-state index < -0.39 is 17.7 Å². The molecule has 114 valence electrons. The maximum atomic E-state index is 6.18. The van der Waals surface area contributed by atoms with Crippen LogP contribution in [-0.4, -0.2) is 23.9 Å². The van der Waals surface area contributed by atoms with Crippen molar-refractivity contribution in [2.45, 2.75) is 70.4 Å². The minimum Gasteiger partial charge on any atom is -0.331 e. The van der Waals surface area contributed by atoms with E-state index in [4.69, 9.17) is 25.0 Å². The molecule has 0 amide bonds. The zero-order valence-corrected chi connectivity index (χ0v) is 12.5. The predicted octanol–water partition coefficient (Wildman–Crippen LogP) is 2.15. The van der Waals surface area contributed by atoms with Gasteiger partial charge in [0.05, 0.1) is 0 Å². The van der Waals surface area contributed by atoms with Gasteiger partial charge in [-0.25, -0.2) is 9.78 Å². The van der Waals surface area contributed by atoms with Crippen molar-refractivity contribution >= 4 is 0 Å². The summed E-state index contributed by atoms with van der Waals surface area (Å²) in [5.41, 5.74) is 5.71. The highest BCUT2D eigenvalue weighted by atomic mass is 17.3. The van der Waals surface area contributed by atoms with Crippen LogP contribution in [0.5, 0.6) is 0 Å². The van der Waals surface area contributed by atoms with E-state index in [0.717, 1.165) is 19.3 Å². The van der Waals surface area contributed by atoms with Crippen molar-refractivity contribution in [3.05, 3.63) is 0 Å². The van der Waals surface area contributed by atoms with Gasteiger partial charge in [-0.2, -0.15) is 0 Å². The van der Waals surface area contributed by atoms with Gasteiger partial charge in [0, 0.05) is 18.3 Å². The maximum absolute atomic E-state index is 6.18. The van der Waals surface area contributed by atoms with Crippen LogP contribution in [-0.2, 0) is 19.2 Å². The monoisotopic (exact) mass is 283 g/mol. The first kappa shape index (κ1) is 13.5. The Morgan fingerprint density at radius 3 is 2.65 bits per heavy atom. The SMILES string of the molecule is C[C@H]1C(N)O[C@@H]2O[C@@]3(C)CCC4[C@H](C)CCC1[C@]42OO3. The molecule has 1 aliphatic carbocycles. The molecule has 2 bridgehead atoms. The first-order chi connectivity index (χ1) is 9.46. The number of nitrogens with two attached hydrogens (primary N) is 1. The van der Waals surface area contributed by atoms with E-state index in [1.165, 1.54) is 6.42 Å². The van der Waals surface area contributed by atoms with Crippen LogP contribution in [0.1, 0.15) is 46.5 Å². The quantitative estimate of drug-likeness (QED) is 0.690. The van der Waals surface area contributed by atoms with Crippen molar-refractivity contribution in [2.75, 3.05) is 0 Å². The van der Waals surface area contributed by atoms with Crippen LogP contribution in [0.25, 0.3) is 0 Å². The number of hydrogen-bond acceptors (Lipinski definition) is 5. The van der Waals surface area contributed by atoms with Gasteiger partial charge in [-0.3, -0.25) is 0 Å². The Balaban J connectivity index is 1.82. The lowest BCUT2D eigenvalue weighted by molar-refractivity contribution is -0.570. The lowest BCUT2D eigenvalue weighted by atomic mass is 9.58. The molecule has 5 fully saturated rings. The van der Waals surface area contributed by atoms with E-state index in [1.807, 2.05) is 6.92 Å². The second-order valence-electron chi connectivity index (χ2n) is 7.37. The summed E-state index contributed by atoms with van der Waals surface area (Å²) in [4.78, 5) is 11.7. The van der Waals surface area contributed by atoms with Crippen LogP contribution in [0.4, 0.5) is 0 Å². The molecule has 4 aliphatic heterocycles. The standard InChI is InChI=1S/C15H25NO4/c1-8-4-5-11-9(2)12(16)17-13-15(11)10(8)6-7-14(3,18-13)19-20-15/h8-13H,4-7,16H2,1-3H3/t8-,9-,10?,11?,12?,13-,14-,15-/m1/s1. The lowest BCUT2D eigenvalue weighted by Gasteiger charge is -2.60. The summed E-state index contributed by atoms with van der Waals surface area (Å²) < 4.78 is 12.2. The zero-order valence-electron chi connectivity index (χ0n) is 12.5. The lowest BCUT2D eigenvalue weighted by Crippen LogP contribution is -2.71. The molecular weight excluding hydrogens is 258 g/mol. The number of hydrogen-bond donors (Lipinski definition) is 1. The first-order valence-corrected chi connectivity index (χ1v) is 7.92.